The maximum absolute atomic E-state index is 4.46. The third-order valence-corrected chi connectivity index (χ3v) is 2.33. The zero-order chi connectivity index (χ0) is 9.54. The van der Waals surface area contributed by atoms with Gasteiger partial charge in [-0.05, 0) is 25.1 Å². The van der Waals surface area contributed by atoms with Crippen LogP contribution in [0.1, 0.15) is 5.69 Å². The molecule has 0 aliphatic carbocycles. The molecule has 68 valence electrons. The van der Waals surface area contributed by atoms with Crippen LogP contribution in [-0.2, 0) is 0 Å². The largest absolute Gasteiger partial charge is 0.300 e. The van der Waals surface area contributed by atoms with Gasteiger partial charge >= 0.3 is 0 Å². The molecule has 0 aromatic carbocycles. The maximum Gasteiger partial charge on any atom is 0.137 e. The van der Waals surface area contributed by atoms with Gasteiger partial charge in [-0.25, -0.2) is 4.98 Å². The predicted molar refractivity (Wildman–Crippen MR) is 55.2 cm³/mol. The molecule has 3 rings (SSSR count). The number of rotatable bonds is 0. The summed E-state index contributed by atoms with van der Waals surface area (Å²) in [5.74, 6) is 0. The van der Waals surface area contributed by atoms with E-state index in [1.165, 1.54) is 0 Å². The number of imidazole rings is 1. The van der Waals surface area contributed by atoms with Crippen molar-refractivity contribution in [3.05, 3.63) is 42.4 Å². The molecule has 0 unspecified atom stereocenters. The van der Waals surface area contributed by atoms with Gasteiger partial charge in [0.1, 0.15) is 11.2 Å². The third-order valence-electron chi connectivity index (χ3n) is 2.33. The lowest BCUT2D eigenvalue weighted by Crippen LogP contribution is -1.83. The maximum atomic E-state index is 4.46. The van der Waals surface area contributed by atoms with Gasteiger partial charge < -0.3 is 0 Å². The van der Waals surface area contributed by atoms with E-state index in [-0.39, 0.29) is 0 Å². The smallest absolute Gasteiger partial charge is 0.137 e. The summed E-state index contributed by atoms with van der Waals surface area (Å²) in [6, 6.07) is 8.04. The Morgan fingerprint density at radius 3 is 3.14 bits per heavy atom. The molecule has 3 nitrogen and oxygen atoms in total. The molecule has 0 radical (unpaired) electrons. The molecular weight excluding hydrogens is 174 g/mol. The lowest BCUT2D eigenvalue weighted by molar-refractivity contribution is 1.20. The van der Waals surface area contributed by atoms with Crippen LogP contribution in [0, 0.1) is 6.92 Å². The van der Waals surface area contributed by atoms with Crippen molar-refractivity contribution < 1.29 is 0 Å². The standard InChI is InChI=1S/C11H9N3/c1-8-6-10-9(7-12-8)13-11-4-2-3-5-14(10)11/h2-7H,1H3. The van der Waals surface area contributed by atoms with Crippen LogP contribution >= 0.6 is 0 Å². The highest BCUT2D eigenvalue weighted by Gasteiger charge is 2.02. The van der Waals surface area contributed by atoms with E-state index in [2.05, 4.69) is 20.4 Å². The molecule has 0 N–H and O–H groups in total. The quantitative estimate of drug-likeness (QED) is 0.534. The highest BCUT2D eigenvalue weighted by atomic mass is 15.0. The average molecular weight is 183 g/mol. The van der Waals surface area contributed by atoms with E-state index >= 15 is 0 Å². The van der Waals surface area contributed by atoms with Gasteiger partial charge in [-0.1, -0.05) is 6.07 Å². The summed E-state index contributed by atoms with van der Waals surface area (Å²) in [7, 11) is 0. The first-order valence-electron chi connectivity index (χ1n) is 4.54. The molecule has 0 aliphatic rings. The van der Waals surface area contributed by atoms with E-state index in [0.29, 0.717) is 0 Å². The Kier molecular flexibility index (Phi) is 1.36. The minimum absolute atomic E-state index is 0.946. The van der Waals surface area contributed by atoms with Crippen LogP contribution in [0.4, 0.5) is 0 Å². The molecule has 0 saturated heterocycles. The number of hydrogen-bond acceptors (Lipinski definition) is 2. The van der Waals surface area contributed by atoms with Crippen LogP contribution in [-0.4, -0.2) is 14.4 Å². The summed E-state index contributed by atoms with van der Waals surface area (Å²) >= 11 is 0. The number of hydrogen-bond donors (Lipinski definition) is 0. The Balaban J connectivity index is 2.58. The van der Waals surface area contributed by atoms with Gasteiger partial charge in [0.15, 0.2) is 0 Å². The predicted octanol–water partition coefficient (Wildman–Crippen LogP) is 2.19. The van der Waals surface area contributed by atoms with Crippen LogP contribution < -0.4 is 0 Å². The number of nitrogens with zero attached hydrogens (tertiary/aromatic N) is 3. The highest BCUT2D eigenvalue weighted by molar-refractivity contribution is 5.79. The molecule has 14 heavy (non-hydrogen) atoms. The monoisotopic (exact) mass is 183 g/mol. The van der Waals surface area contributed by atoms with Crippen LogP contribution in [0.25, 0.3) is 16.7 Å². The Morgan fingerprint density at radius 2 is 2.21 bits per heavy atom. The van der Waals surface area contributed by atoms with Crippen molar-refractivity contribution in [2.75, 3.05) is 0 Å². The van der Waals surface area contributed by atoms with Crippen molar-refractivity contribution in [1.82, 2.24) is 14.4 Å². The van der Waals surface area contributed by atoms with E-state index in [0.717, 1.165) is 22.4 Å². The second-order valence-corrected chi connectivity index (χ2v) is 3.36. The Labute approximate surface area is 81.0 Å². The fraction of sp³-hybridized carbons (Fsp3) is 0.0909. The number of aryl methyl sites for hydroxylation is 1. The fourth-order valence-corrected chi connectivity index (χ4v) is 1.67. The third kappa shape index (κ3) is 0.923. The first-order valence-corrected chi connectivity index (χ1v) is 4.54. The molecule has 0 fully saturated rings. The molecule has 3 aromatic heterocycles. The summed E-state index contributed by atoms with van der Waals surface area (Å²) < 4.78 is 2.07. The summed E-state index contributed by atoms with van der Waals surface area (Å²) in [4.78, 5) is 8.68. The van der Waals surface area contributed by atoms with Crippen LogP contribution in [0.3, 0.4) is 0 Å². The summed E-state index contributed by atoms with van der Waals surface area (Å²) in [6.45, 7) is 1.99. The lowest BCUT2D eigenvalue weighted by atomic mass is 10.3. The van der Waals surface area contributed by atoms with Gasteiger partial charge in [0.25, 0.3) is 0 Å². The van der Waals surface area contributed by atoms with E-state index in [4.69, 9.17) is 0 Å². The molecule has 0 aliphatic heterocycles. The Hall–Kier alpha value is -1.90. The van der Waals surface area contributed by atoms with Crippen molar-refractivity contribution in [3.63, 3.8) is 0 Å². The number of aromatic nitrogens is 3. The molecule has 0 atom stereocenters. The van der Waals surface area contributed by atoms with Gasteiger partial charge in [-0.15, -0.1) is 0 Å². The summed E-state index contributed by atoms with van der Waals surface area (Å²) in [6.07, 6.45) is 3.84. The average Bonchev–Trinajstić information content (AvgIpc) is 2.56. The van der Waals surface area contributed by atoms with Gasteiger partial charge in [-0.2, -0.15) is 0 Å². The van der Waals surface area contributed by atoms with Crippen molar-refractivity contribution >= 4 is 16.7 Å². The van der Waals surface area contributed by atoms with Gasteiger partial charge in [0, 0.05) is 11.9 Å². The molecule has 0 amide bonds. The van der Waals surface area contributed by atoms with Crippen molar-refractivity contribution in [2.24, 2.45) is 0 Å². The van der Waals surface area contributed by atoms with Crippen molar-refractivity contribution in [2.45, 2.75) is 6.92 Å². The lowest BCUT2D eigenvalue weighted by Gasteiger charge is -1.94. The van der Waals surface area contributed by atoms with Gasteiger partial charge in [0.05, 0.1) is 11.7 Å². The summed E-state index contributed by atoms with van der Waals surface area (Å²) in [5, 5.41) is 0. The van der Waals surface area contributed by atoms with Gasteiger partial charge in [0.2, 0.25) is 0 Å². The SMILES string of the molecule is Cc1cc2c(cn1)nc1ccccn12. The molecular formula is C11H9N3. The van der Waals surface area contributed by atoms with E-state index in [1.807, 2.05) is 37.5 Å². The first kappa shape index (κ1) is 7.50. The molecule has 0 bridgehead atoms. The minimum atomic E-state index is 0.946. The second kappa shape index (κ2) is 2.54. The molecule has 0 saturated carbocycles. The first-order chi connectivity index (χ1) is 6.84. The Morgan fingerprint density at radius 1 is 1.29 bits per heavy atom. The second-order valence-electron chi connectivity index (χ2n) is 3.36. The zero-order valence-corrected chi connectivity index (χ0v) is 7.81. The zero-order valence-electron chi connectivity index (χ0n) is 7.81. The minimum Gasteiger partial charge on any atom is -0.300 e. The molecule has 3 heterocycles. The fourth-order valence-electron chi connectivity index (χ4n) is 1.67. The normalized spacial score (nSPS) is 11.2. The summed E-state index contributed by atoms with van der Waals surface area (Å²) in [5.41, 5.74) is 4.05. The van der Waals surface area contributed by atoms with E-state index in [1.54, 1.807) is 0 Å². The van der Waals surface area contributed by atoms with Crippen LogP contribution in [0.2, 0.25) is 0 Å². The van der Waals surface area contributed by atoms with Gasteiger partial charge in [-0.3, -0.25) is 9.38 Å². The highest BCUT2D eigenvalue weighted by Crippen LogP contribution is 2.15. The van der Waals surface area contributed by atoms with Crippen molar-refractivity contribution in [1.29, 1.82) is 0 Å². The molecule has 0 spiro atoms. The Bertz CT molecular complexity index is 610. The van der Waals surface area contributed by atoms with Crippen LogP contribution in [0.5, 0.6) is 0 Å². The molecule has 3 heteroatoms. The number of fused-ring (bicyclic) bond motifs is 3. The van der Waals surface area contributed by atoms with E-state index in [9.17, 15) is 0 Å². The van der Waals surface area contributed by atoms with Crippen molar-refractivity contribution in [3.8, 4) is 0 Å². The van der Waals surface area contributed by atoms with Crippen LogP contribution in [0.15, 0.2) is 36.7 Å². The van der Waals surface area contributed by atoms with E-state index < -0.39 is 0 Å². The topological polar surface area (TPSA) is 30.2 Å². The number of pyridine rings is 2. The molecule has 3 aromatic rings.